The molecule has 7 nitrogen and oxygen atoms in total. The van der Waals surface area contributed by atoms with Crippen LogP contribution in [0.3, 0.4) is 0 Å². The lowest BCUT2D eigenvalue weighted by Crippen LogP contribution is -2.44. The van der Waals surface area contributed by atoms with Gasteiger partial charge in [0.25, 0.3) is 0 Å². The van der Waals surface area contributed by atoms with Crippen LogP contribution < -0.4 is 5.32 Å². The predicted octanol–water partition coefficient (Wildman–Crippen LogP) is 3.47. The number of hydrogen-bond acceptors (Lipinski definition) is 4. The van der Waals surface area contributed by atoms with Crippen molar-refractivity contribution in [3.8, 4) is 11.3 Å². The molecule has 4 rings (SSSR count). The number of hydrogen-bond donors (Lipinski definition) is 1. The van der Waals surface area contributed by atoms with Crippen LogP contribution in [-0.4, -0.2) is 31.9 Å². The molecule has 0 radical (unpaired) electrons. The molecule has 0 bridgehead atoms. The highest BCUT2D eigenvalue weighted by Gasteiger charge is 2.32. The van der Waals surface area contributed by atoms with Gasteiger partial charge in [-0.3, -0.25) is 4.68 Å². The average molecular weight is 391 g/mol. The SMILES string of the molecule is C[C@H]1Cc2noc(-c3cnn(C)c3)c2CN1C(=O)Nc1cc(F)c(F)c(F)c1. The summed E-state index contributed by atoms with van der Waals surface area (Å²) >= 11 is 0. The molecule has 1 N–H and O–H groups in total. The molecule has 2 aromatic heterocycles. The molecule has 0 unspecified atom stereocenters. The summed E-state index contributed by atoms with van der Waals surface area (Å²) in [6.07, 6.45) is 3.86. The Kier molecular flexibility index (Phi) is 4.33. The normalized spacial score (nSPS) is 16.2. The van der Waals surface area contributed by atoms with Crippen molar-refractivity contribution in [1.82, 2.24) is 19.8 Å². The number of nitrogens with one attached hydrogen (secondary N) is 1. The van der Waals surface area contributed by atoms with E-state index < -0.39 is 23.5 Å². The van der Waals surface area contributed by atoms with Gasteiger partial charge in [0.2, 0.25) is 0 Å². The van der Waals surface area contributed by atoms with Crippen molar-refractivity contribution in [3.05, 3.63) is 53.2 Å². The van der Waals surface area contributed by atoms with Crippen LogP contribution in [0.4, 0.5) is 23.7 Å². The molecular formula is C18H16F3N5O2. The van der Waals surface area contributed by atoms with E-state index in [1.54, 1.807) is 24.1 Å². The monoisotopic (exact) mass is 391 g/mol. The first kappa shape index (κ1) is 18.1. The summed E-state index contributed by atoms with van der Waals surface area (Å²) in [4.78, 5) is 14.2. The number of urea groups is 1. The lowest BCUT2D eigenvalue weighted by molar-refractivity contribution is 0.182. The van der Waals surface area contributed by atoms with Crippen LogP contribution >= 0.6 is 0 Å². The number of anilines is 1. The maximum atomic E-state index is 13.4. The van der Waals surface area contributed by atoms with E-state index in [1.165, 1.54) is 4.90 Å². The number of rotatable bonds is 2. The zero-order valence-electron chi connectivity index (χ0n) is 15.0. The Hall–Kier alpha value is -3.30. The molecule has 28 heavy (non-hydrogen) atoms. The van der Waals surface area contributed by atoms with Gasteiger partial charge in [-0.1, -0.05) is 5.16 Å². The van der Waals surface area contributed by atoms with Crippen molar-refractivity contribution in [3.63, 3.8) is 0 Å². The van der Waals surface area contributed by atoms with Crippen molar-refractivity contribution in [1.29, 1.82) is 0 Å². The molecule has 0 saturated heterocycles. The molecule has 0 aliphatic carbocycles. The van der Waals surface area contributed by atoms with Gasteiger partial charge in [0.05, 0.1) is 24.0 Å². The third kappa shape index (κ3) is 3.10. The van der Waals surface area contributed by atoms with E-state index >= 15 is 0 Å². The highest BCUT2D eigenvalue weighted by atomic mass is 19.2. The first-order valence-corrected chi connectivity index (χ1v) is 8.52. The molecule has 0 saturated carbocycles. The molecule has 2 amide bonds. The van der Waals surface area contributed by atoms with E-state index in [9.17, 15) is 18.0 Å². The minimum Gasteiger partial charge on any atom is -0.356 e. The summed E-state index contributed by atoms with van der Waals surface area (Å²) in [7, 11) is 1.77. The van der Waals surface area contributed by atoms with Gasteiger partial charge in [-0.25, -0.2) is 18.0 Å². The standard InChI is InChI=1S/C18H16F3N5O2/c1-9-3-15-12(17(28-24-15)10-6-22-25(2)7-10)8-26(9)18(27)23-11-4-13(19)16(21)14(20)5-11/h4-7,9H,3,8H2,1-2H3,(H,23,27)/t9-/m0/s1. The van der Waals surface area contributed by atoms with Gasteiger partial charge in [0.1, 0.15) is 0 Å². The number of carbonyl (C=O) groups excluding carboxylic acids is 1. The number of benzene rings is 1. The minimum absolute atomic E-state index is 0.169. The zero-order valence-corrected chi connectivity index (χ0v) is 15.0. The van der Waals surface area contributed by atoms with Crippen LogP contribution in [0.5, 0.6) is 0 Å². The summed E-state index contributed by atoms with van der Waals surface area (Å²) in [5.74, 6) is -3.81. The molecule has 1 aromatic carbocycles. The molecule has 1 atom stereocenters. The fourth-order valence-corrected chi connectivity index (χ4v) is 3.24. The maximum absolute atomic E-state index is 13.4. The Morgan fingerprint density at radius 1 is 1.29 bits per heavy atom. The zero-order chi connectivity index (χ0) is 20.0. The molecule has 0 fully saturated rings. The summed E-state index contributed by atoms with van der Waals surface area (Å²) in [6, 6.07) is 0.671. The molecular weight excluding hydrogens is 375 g/mol. The van der Waals surface area contributed by atoms with Crippen molar-refractivity contribution in [2.45, 2.75) is 25.9 Å². The van der Waals surface area contributed by atoms with Gasteiger partial charge in [-0.2, -0.15) is 5.10 Å². The number of amides is 2. The summed E-state index contributed by atoms with van der Waals surface area (Å²) in [5, 5.41) is 10.6. The van der Waals surface area contributed by atoms with Crippen molar-refractivity contribution in [2.75, 3.05) is 5.32 Å². The number of nitrogens with zero attached hydrogens (tertiary/aromatic N) is 4. The van der Waals surface area contributed by atoms with E-state index in [0.717, 1.165) is 29.0 Å². The van der Waals surface area contributed by atoms with Crippen molar-refractivity contribution >= 4 is 11.7 Å². The Balaban J connectivity index is 1.58. The molecule has 3 aromatic rings. The topological polar surface area (TPSA) is 76.2 Å². The van der Waals surface area contributed by atoms with Crippen LogP contribution in [0, 0.1) is 17.5 Å². The van der Waals surface area contributed by atoms with Crippen LogP contribution in [0.2, 0.25) is 0 Å². The van der Waals surface area contributed by atoms with Gasteiger partial charge >= 0.3 is 6.03 Å². The number of aryl methyl sites for hydroxylation is 1. The largest absolute Gasteiger partial charge is 0.356 e. The predicted molar refractivity (Wildman–Crippen MR) is 92.7 cm³/mol. The first-order chi connectivity index (χ1) is 13.3. The summed E-state index contributed by atoms with van der Waals surface area (Å²) < 4.78 is 47.0. The number of aromatic nitrogens is 3. The minimum atomic E-state index is -1.58. The third-order valence-electron chi connectivity index (χ3n) is 4.68. The Labute approximate surface area is 157 Å². The third-order valence-corrected chi connectivity index (χ3v) is 4.68. The maximum Gasteiger partial charge on any atom is 0.322 e. The fourth-order valence-electron chi connectivity index (χ4n) is 3.24. The van der Waals surface area contributed by atoms with Crippen LogP contribution in [0.1, 0.15) is 18.2 Å². The Morgan fingerprint density at radius 2 is 2.00 bits per heavy atom. The van der Waals surface area contributed by atoms with Crippen molar-refractivity contribution in [2.24, 2.45) is 7.05 Å². The number of fused-ring (bicyclic) bond motifs is 1. The lowest BCUT2D eigenvalue weighted by Gasteiger charge is -2.32. The van der Waals surface area contributed by atoms with E-state index in [-0.39, 0.29) is 18.3 Å². The quantitative estimate of drug-likeness (QED) is 0.679. The van der Waals surface area contributed by atoms with Gasteiger partial charge in [-0.15, -0.1) is 0 Å². The molecule has 1 aliphatic heterocycles. The van der Waals surface area contributed by atoms with Crippen LogP contribution in [0.25, 0.3) is 11.3 Å². The average Bonchev–Trinajstić information content (AvgIpc) is 3.24. The van der Waals surface area contributed by atoms with Gasteiger partial charge in [0, 0.05) is 49.1 Å². The molecule has 0 spiro atoms. The van der Waals surface area contributed by atoms with Gasteiger partial charge < -0.3 is 14.7 Å². The highest BCUT2D eigenvalue weighted by Crippen LogP contribution is 2.32. The van der Waals surface area contributed by atoms with E-state index in [0.29, 0.717) is 12.2 Å². The second-order valence-corrected chi connectivity index (χ2v) is 6.70. The molecule has 1 aliphatic rings. The lowest BCUT2D eigenvalue weighted by atomic mass is 9.98. The van der Waals surface area contributed by atoms with E-state index in [4.69, 9.17) is 4.52 Å². The molecule has 10 heteroatoms. The second-order valence-electron chi connectivity index (χ2n) is 6.70. The highest BCUT2D eigenvalue weighted by molar-refractivity contribution is 5.89. The second kappa shape index (κ2) is 6.70. The van der Waals surface area contributed by atoms with E-state index in [1.807, 2.05) is 6.92 Å². The van der Waals surface area contributed by atoms with Crippen molar-refractivity contribution < 1.29 is 22.5 Å². The summed E-state index contributed by atoms with van der Waals surface area (Å²) in [5.41, 5.74) is 2.05. The van der Waals surface area contributed by atoms with Gasteiger partial charge in [0.15, 0.2) is 23.2 Å². The number of carbonyl (C=O) groups is 1. The first-order valence-electron chi connectivity index (χ1n) is 8.52. The molecule has 146 valence electrons. The van der Waals surface area contributed by atoms with Crippen LogP contribution in [0.15, 0.2) is 29.0 Å². The van der Waals surface area contributed by atoms with Crippen LogP contribution in [-0.2, 0) is 20.0 Å². The summed E-state index contributed by atoms with van der Waals surface area (Å²) in [6.45, 7) is 2.02. The molecule has 3 heterocycles. The number of halogens is 3. The van der Waals surface area contributed by atoms with E-state index in [2.05, 4.69) is 15.6 Å². The Morgan fingerprint density at radius 3 is 2.64 bits per heavy atom. The Bertz CT molecular complexity index is 1040. The van der Waals surface area contributed by atoms with Gasteiger partial charge in [-0.05, 0) is 6.92 Å². The smallest absolute Gasteiger partial charge is 0.322 e. The fraction of sp³-hybridized carbons (Fsp3) is 0.278.